The van der Waals surface area contributed by atoms with Crippen molar-refractivity contribution in [2.24, 2.45) is 0 Å². The van der Waals surface area contributed by atoms with Gasteiger partial charge in [-0.05, 0) is 49.4 Å². The number of carbonyl (C=O) groups is 1. The highest BCUT2D eigenvalue weighted by atomic mass is 16.1. The summed E-state index contributed by atoms with van der Waals surface area (Å²) in [6, 6.07) is 20.5. The highest BCUT2D eigenvalue weighted by molar-refractivity contribution is 5.76. The van der Waals surface area contributed by atoms with Crippen LogP contribution in [0.25, 0.3) is 11.4 Å². The molecule has 1 N–H and O–H groups in total. The molecule has 0 spiro atoms. The molecule has 0 saturated carbocycles. The molecule has 174 valence electrons. The molecule has 1 aliphatic heterocycles. The molecule has 0 radical (unpaired) electrons. The summed E-state index contributed by atoms with van der Waals surface area (Å²) >= 11 is 0. The molecule has 0 atom stereocenters. The normalized spacial score (nSPS) is 14.9. The highest BCUT2D eigenvalue weighted by Gasteiger charge is 2.20. The van der Waals surface area contributed by atoms with Crippen LogP contribution in [0.4, 0.5) is 0 Å². The van der Waals surface area contributed by atoms with E-state index in [0.717, 1.165) is 63.8 Å². The zero-order chi connectivity index (χ0) is 22.7. The lowest BCUT2D eigenvalue weighted by atomic mass is 10.0. The molecule has 7 heteroatoms. The second-order valence-electron chi connectivity index (χ2n) is 8.80. The van der Waals surface area contributed by atoms with Crippen LogP contribution in [0.15, 0.2) is 60.7 Å². The number of rotatable bonds is 11. The second-order valence-corrected chi connectivity index (χ2v) is 8.80. The molecule has 1 amide bonds. The van der Waals surface area contributed by atoms with Crippen LogP contribution in [-0.2, 0) is 17.8 Å². The van der Waals surface area contributed by atoms with E-state index in [-0.39, 0.29) is 5.91 Å². The topological polar surface area (TPSA) is 75.9 Å². The molecule has 0 bridgehead atoms. The fourth-order valence-corrected chi connectivity index (χ4v) is 4.31. The van der Waals surface area contributed by atoms with Crippen molar-refractivity contribution >= 4 is 5.91 Å². The Bertz CT molecular complexity index is 967. The third-order valence-electron chi connectivity index (χ3n) is 6.25. The van der Waals surface area contributed by atoms with E-state index in [1.54, 1.807) is 4.80 Å². The van der Waals surface area contributed by atoms with Crippen LogP contribution >= 0.6 is 0 Å². The lowest BCUT2D eigenvalue weighted by Crippen LogP contribution is -2.44. The zero-order valence-electron chi connectivity index (χ0n) is 19.3. The Morgan fingerprint density at radius 1 is 0.909 bits per heavy atom. The maximum Gasteiger partial charge on any atom is 0.220 e. The zero-order valence-corrected chi connectivity index (χ0v) is 19.3. The van der Waals surface area contributed by atoms with Crippen LogP contribution < -0.4 is 5.32 Å². The summed E-state index contributed by atoms with van der Waals surface area (Å²) in [4.78, 5) is 16.5. The molecule has 1 aromatic heterocycles. The number of tetrazole rings is 1. The SMILES string of the molecule is O=C(CCc1ccccc1)NC1CCN(CCCCCn2nnc(-c3ccccc3)n2)CC1. The van der Waals surface area contributed by atoms with Crippen molar-refractivity contribution < 1.29 is 4.79 Å². The first-order chi connectivity index (χ1) is 16.3. The lowest BCUT2D eigenvalue weighted by Gasteiger charge is -2.32. The third kappa shape index (κ3) is 7.49. The summed E-state index contributed by atoms with van der Waals surface area (Å²) in [5.74, 6) is 0.861. The first-order valence-electron chi connectivity index (χ1n) is 12.1. The Morgan fingerprint density at radius 2 is 1.61 bits per heavy atom. The number of nitrogens with one attached hydrogen (secondary N) is 1. The van der Waals surface area contributed by atoms with E-state index in [2.05, 4.69) is 37.8 Å². The van der Waals surface area contributed by atoms with Crippen molar-refractivity contribution in [1.82, 2.24) is 30.4 Å². The monoisotopic (exact) mass is 446 g/mol. The van der Waals surface area contributed by atoms with Crippen molar-refractivity contribution in [3.8, 4) is 11.4 Å². The molecule has 1 saturated heterocycles. The lowest BCUT2D eigenvalue weighted by molar-refractivity contribution is -0.122. The van der Waals surface area contributed by atoms with E-state index in [0.29, 0.717) is 18.3 Å². The van der Waals surface area contributed by atoms with Gasteiger partial charge in [-0.25, -0.2) is 0 Å². The predicted molar refractivity (Wildman–Crippen MR) is 129 cm³/mol. The molecule has 0 aliphatic carbocycles. The summed E-state index contributed by atoms with van der Waals surface area (Å²) in [6.45, 7) is 4.05. The van der Waals surface area contributed by atoms with Gasteiger partial charge in [0.25, 0.3) is 0 Å². The fourth-order valence-electron chi connectivity index (χ4n) is 4.31. The van der Waals surface area contributed by atoms with E-state index in [4.69, 9.17) is 0 Å². The van der Waals surface area contributed by atoms with Crippen LogP contribution in [0.1, 0.15) is 44.1 Å². The molecule has 4 rings (SSSR count). The van der Waals surface area contributed by atoms with Crippen molar-refractivity contribution in [3.63, 3.8) is 0 Å². The van der Waals surface area contributed by atoms with Crippen molar-refractivity contribution in [2.45, 2.75) is 57.5 Å². The Labute approximate surface area is 196 Å². The molecular weight excluding hydrogens is 412 g/mol. The molecule has 2 heterocycles. The number of unbranched alkanes of at least 4 members (excludes halogenated alkanes) is 2. The minimum absolute atomic E-state index is 0.175. The molecule has 3 aromatic rings. The standard InChI is InChI=1S/C26H34N6O/c33-25(15-14-22-10-4-1-5-11-22)27-24-16-20-31(21-17-24)18-8-3-9-19-32-29-26(28-30-32)23-12-6-2-7-13-23/h1-2,4-7,10-13,24H,3,8-9,14-21H2,(H,27,33). The van der Waals surface area contributed by atoms with Gasteiger partial charge in [0.15, 0.2) is 0 Å². The molecular formula is C26H34N6O. The van der Waals surface area contributed by atoms with Crippen LogP contribution in [0.3, 0.4) is 0 Å². The maximum atomic E-state index is 12.3. The summed E-state index contributed by atoms with van der Waals surface area (Å²) < 4.78 is 0. The molecule has 33 heavy (non-hydrogen) atoms. The Hall–Kier alpha value is -3.06. The molecule has 7 nitrogen and oxygen atoms in total. The number of benzene rings is 2. The van der Waals surface area contributed by atoms with Gasteiger partial charge in [0, 0.05) is 31.1 Å². The van der Waals surface area contributed by atoms with Crippen LogP contribution in [0, 0.1) is 0 Å². The van der Waals surface area contributed by atoms with E-state index in [1.165, 1.54) is 12.0 Å². The van der Waals surface area contributed by atoms with Gasteiger partial charge in [-0.3, -0.25) is 4.79 Å². The van der Waals surface area contributed by atoms with Gasteiger partial charge >= 0.3 is 0 Å². The van der Waals surface area contributed by atoms with Gasteiger partial charge < -0.3 is 10.2 Å². The maximum absolute atomic E-state index is 12.3. The predicted octanol–water partition coefficient (Wildman–Crippen LogP) is 3.72. The Balaban J connectivity index is 1.05. The Kier molecular flexibility index (Phi) is 8.58. The van der Waals surface area contributed by atoms with Crippen LogP contribution in [-0.4, -0.2) is 56.7 Å². The van der Waals surface area contributed by atoms with Crippen LogP contribution in [0.5, 0.6) is 0 Å². The van der Waals surface area contributed by atoms with E-state index < -0.39 is 0 Å². The van der Waals surface area contributed by atoms with Gasteiger partial charge in [-0.1, -0.05) is 67.1 Å². The quantitative estimate of drug-likeness (QED) is 0.454. The minimum Gasteiger partial charge on any atom is -0.353 e. The largest absolute Gasteiger partial charge is 0.353 e. The van der Waals surface area contributed by atoms with E-state index in [1.807, 2.05) is 48.5 Å². The van der Waals surface area contributed by atoms with Gasteiger partial charge in [0.05, 0.1) is 6.54 Å². The first-order valence-corrected chi connectivity index (χ1v) is 12.1. The summed E-state index contributed by atoms with van der Waals surface area (Å²) in [7, 11) is 0. The summed E-state index contributed by atoms with van der Waals surface area (Å²) in [5.41, 5.74) is 2.22. The first kappa shape index (κ1) is 23.1. The van der Waals surface area contributed by atoms with Crippen LogP contribution in [0.2, 0.25) is 0 Å². The number of likely N-dealkylation sites (tertiary alicyclic amines) is 1. The van der Waals surface area contributed by atoms with Gasteiger partial charge in [0.2, 0.25) is 11.7 Å². The van der Waals surface area contributed by atoms with Crippen molar-refractivity contribution in [3.05, 3.63) is 66.2 Å². The van der Waals surface area contributed by atoms with Crippen molar-refractivity contribution in [1.29, 1.82) is 0 Å². The van der Waals surface area contributed by atoms with Gasteiger partial charge in [0.1, 0.15) is 0 Å². The number of aromatic nitrogens is 4. The number of nitrogens with zero attached hydrogens (tertiary/aromatic N) is 5. The Morgan fingerprint density at radius 3 is 2.36 bits per heavy atom. The second kappa shape index (κ2) is 12.3. The summed E-state index contributed by atoms with van der Waals surface area (Å²) in [6.07, 6.45) is 6.84. The third-order valence-corrected chi connectivity index (χ3v) is 6.25. The van der Waals surface area contributed by atoms with Gasteiger partial charge in [-0.15, -0.1) is 10.2 Å². The van der Waals surface area contributed by atoms with E-state index in [9.17, 15) is 4.79 Å². The number of aryl methyl sites for hydroxylation is 2. The number of carbonyl (C=O) groups excluding carboxylic acids is 1. The number of hydrogen-bond acceptors (Lipinski definition) is 5. The molecule has 2 aromatic carbocycles. The fraction of sp³-hybridized carbons (Fsp3) is 0.462. The number of amides is 1. The molecule has 1 fully saturated rings. The number of hydrogen-bond donors (Lipinski definition) is 1. The van der Waals surface area contributed by atoms with Crippen molar-refractivity contribution in [2.75, 3.05) is 19.6 Å². The smallest absolute Gasteiger partial charge is 0.220 e. The molecule has 0 unspecified atom stereocenters. The highest BCUT2D eigenvalue weighted by Crippen LogP contribution is 2.14. The average molecular weight is 447 g/mol. The minimum atomic E-state index is 0.175. The van der Waals surface area contributed by atoms with Gasteiger partial charge in [-0.2, -0.15) is 4.80 Å². The average Bonchev–Trinajstić information content (AvgIpc) is 3.34. The molecule has 1 aliphatic rings. The number of piperidine rings is 1. The summed E-state index contributed by atoms with van der Waals surface area (Å²) in [5, 5.41) is 16.0. The van der Waals surface area contributed by atoms with E-state index >= 15 is 0 Å².